The van der Waals surface area contributed by atoms with Crippen molar-refractivity contribution in [2.45, 2.75) is 0 Å². The maximum absolute atomic E-state index is 11.6. The SMILES string of the molecule is COP(=O)(CC=Cc1ccccc1)OC. The highest BCUT2D eigenvalue weighted by Crippen LogP contribution is 2.46. The molecule has 0 aliphatic heterocycles. The Bertz CT molecular complexity index is 351. The van der Waals surface area contributed by atoms with E-state index in [1.165, 1.54) is 14.2 Å². The van der Waals surface area contributed by atoms with E-state index in [-0.39, 0.29) is 6.16 Å². The van der Waals surface area contributed by atoms with Crippen LogP contribution >= 0.6 is 7.60 Å². The molecule has 1 aromatic carbocycles. The predicted octanol–water partition coefficient (Wildman–Crippen LogP) is 3.19. The fourth-order valence-electron chi connectivity index (χ4n) is 1.11. The first-order chi connectivity index (χ1) is 7.20. The van der Waals surface area contributed by atoms with Crippen molar-refractivity contribution in [3.63, 3.8) is 0 Å². The van der Waals surface area contributed by atoms with Gasteiger partial charge in [-0.3, -0.25) is 4.57 Å². The van der Waals surface area contributed by atoms with Gasteiger partial charge in [-0.1, -0.05) is 42.5 Å². The van der Waals surface area contributed by atoms with Crippen molar-refractivity contribution in [3.8, 4) is 0 Å². The average Bonchev–Trinajstić information content (AvgIpc) is 2.30. The largest absolute Gasteiger partial charge is 0.333 e. The third kappa shape index (κ3) is 4.00. The topological polar surface area (TPSA) is 35.5 Å². The highest BCUT2D eigenvalue weighted by Gasteiger charge is 2.17. The number of allylic oxidation sites excluding steroid dienone is 1. The Morgan fingerprint density at radius 3 is 2.33 bits per heavy atom. The van der Waals surface area contributed by atoms with Gasteiger partial charge in [-0.2, -0.15) is 0 Å². The summed E-state index contributed by atoms with van der Waals surface area (Å²) in [6.07, 6.45) is 3.97. The second-order valence-electron chi connectivity index (χ2n) is 2.97. The molecule has 0 heterocycles. The van der Waals surface area contributed by atoms with Crippen molar-refractivity contribution in [2.75, 3.05) is 20.4 Å². The van der Waals surface area contributed by atoms with E-state index in [1.807, 2.05) is 36.4 Å². The molecule has 0 aliphatic carbocycles. The van der Waals surface area contributed by atoms with Crippen LogP contribution in [0.1, 0.15) is 5.56 Å². The summed E-state index contributed by atoms with van der Waals surface area (Å²) in [6, 6.07) is 9.80. The Labute approximate surface area is 90.3 Å². The minimum atomic E-state index is -2.90. The lowest BCUT2D eigenvalue weighted by Crippen LogP contribution is -1.91. The molecule has 3 nitrogen and oxygen atoms in total. The lowest BCUT2D eigenvalue weighted by Gasteiger charge is -2.10. The summed E-state index contributed by atoms with van der Waals surface area (Å²) < 4.78 is 21.3. The van der Waals surface area contributed by atoms with Crippen molar-refractivity contribution in [1.82, 2.24) is 0 Å². The Balaban J connectivity index is 2.57. The zero-order valence-corrected chi connectivity index (χ0v) is 9.81. The summed E-state index contributed by atoms with van der Waals surface area (Å²) in [7, 11) is -0.126. The van der Waals surface area contributed by atoms with E-state index in [0.29, 0.717) is 0 Å². The van der Waals surface area contributed by atoms with Gasteiger partial charge in [0.15, 0.2) is 0 Å². The van der Waals surface area contributed by atoms with Gasteiger partial charge in [-0.05, 0) is 5.56 Å². The molecule has 0 amide bonds. The van der Waals surface area contributed by atoms with Gasteiger partial charge in [-0.15, -0.1) is 0 Å². The van der Waals surface area contributed by atoms with Crippen LogP contribution < -0.4 is 0 Å². The fourth-order valence-corrected chi connectivity index (χ4v) is 1.92. The Kier molecular flexibility index (Phi) is 4.76. The number of rotatable bonds is 5. The van der Waals surface area contributed by atoms with Crippen molar-refractivity contribution >= 4 is 13.7 Å². The van der Waals surface area contributed by atoms with Crippen LogP contribution in [0.2, 0.25) is 0 Å². The van der Waals surface area contributed by atoms with Crippen LogP contribution in [0.5, 0.6) is 0 Å². The van der Waals surface area contributed by atoms with Crippen molar-refractivity contribution < 1.29 is 13.6 Å². The molecule has 0 saturated carbocycles. The Morgan fingerprint density at radius 2 is 1.80 bits per heavy atom. The maximum atomic E-state index is 11.6. The third-order valence-corrected chi connectivity index (χ3v) is 3.77. The summed E-state index contributed by atoms with van der Waals surface area (Å²) in [5.74, 6) is 0. The molecule has 0 fully saturated rings. The van der Waals surface area contributed by atoms with Gasteiger partial charge in [-0.25, -0.2) is 0 Å². The molecule has 82 valence electrons. The molecule has 0 N–H and O–H groups in total. The number of benzene rings is 1. The van der Waals surface area contributed by atoms with Crippen molar-refractivity contribution in [1.29, 1.82) is 0 Å². The van der Waals surface area contributed by atoms with E-state index in [2.05, 4.69) is 0 Å². The molecule has 0 atom stereocenters. The summed E-state index contributed by atoms with van der Waals surface area (Å²) >= 11 is 0. The fraction of sp³-hybridized carbons (Fsp3) is 0.273. The molecule has 1 rings (SSSR count). The quantitative estimate of drug-likeness (QED) is 0.723. The summed E-state index contributed by atoms with van der Waals surface area (Å²) in [4.78, 5) is 0. The molecular weight excluding hydrogens is 211 g/mol. The van der Waals surface area contributed by atoms with Gasteiger partial charge in [0.2, 0.25) is 0 Å². The molecule has 0 unspecified atom stereocenters. The van der Waals surface area contributed by atoms with Gasteiger partial charge in [0.25, 0.3) is 0 Å². The summed E-state index contributed by atoms with van der Waals surface area (Å²) in [5.41, 5.74) is 1.07. The molecule has 4 heteroatoms. The average molecular weight is 226 g/mol. The van der Waals surface area contributed by atoms with Crippen molar-refractivity contribution in [2.24, 2.45) is 0 Å². The lowest BCUT2D eigenvalue weighted by molar-refractivity contribution is 0.279. The summed E-state index contributed by atoms with van der Waals surface area (Å²) in [5, 5.41) is 0. The summed E-state index contributed by atoms with van der Waals surface area (Å²) in [6.45, 7) is 0. The molecule has 0 spiro atoms. The van der Waals surface area contributed by atoms with Gasteiger partial charge < -0.3 is 9.05 Å². The first-order valence-corrected chi connectivity index (χ1v) is 6.35. The van der Waals surface area contributed by atoms with Crippen LogP contribution in [0.3, 0.4) is 0 Å². The number of hydrogen-bond acceptors (Lipinski definition) is 3. The minimum Gasteiger partial charge on any atom is -0.312 e. The van der Waals surface area contributed by atoms with E-state index in [0.717, 1.165) is 5.56 Å². The van der Waals surface area contributed by atoms with Gasteiger partial charge in [0.1, 0.15) is 0 Å². The molecule has 0 saturated heterocycles. The first kappa shape index (κ1) is 12.2. The molecule has 0 bridgehead atoms. The van der Waals surface area contributed by atoms with Gasteiger partial charge in [0.05, 0.1) is 6.16 Å². The van der Waals surface area contributed by atoms with E-state index in [9.17, 15) is 4.57 Å². The predicted molar refractivity (Wildman–Crippen MR) is 62.0 cm³/mol. The third-order valence-electron chi connectivity index (χ3n) is 2.00. The highest BCUT2D eigenvalue weighted by molar-refractivity contribution is 7.54. The Hall–Kier alpha value is -0.890. The number of hydrogen-bond donors (Lipinski definition) is 0. The molecule has 15 heavy (non-hydrogen) atoms. The van der Waals surface area contributed by atoms with Crippen LogP contribution in [0.4, 0.5) is 0 Å². The normalized spacial score (nSPS) is 12.1. The molecule has 0 aliphatic rings. The molecule has 1 aromatic rings. The van der Waals surface area contributed by atoms with Crippen LogP contribution in [-0.4, -0.2) is 20.4 Å². The second kappa shape index (κ2) is 5.86. The smallest absolute Gasteiger partial charge is 0.312 e. The monoisotopic (exact) mass is 226 g/mol. The Morgan fingerprint density at radius 1 is 1.20 bits per heavy atom. The van der Waals surface area contributed by atoms with Crippen LogP contribution in [0.15, 0.2) is 36.4 Å². The molecular formula is C11H15O3P. The second-order valence-corrected chi connectivity index (χ2v) is 5.29. The zero-order chi connectivity index (χ0) is 11.1. The van der Waals surface area contributed by atoms with E-state index >= 15 is 0 Å². The van der Waals surface area contributed by atoms with Crippen LogP contribution in [-0.2, 0) is 13.6 Å². The van der Waals surface area contributed by atoms with E-state index in [1.54, 1.807) is 6.08 Å². The van der Waals surface area contributed by atoms with E-state index in [4.69, 9.17) is 9.05 Å². The maximum Gasteiger partial charge on any atom is 0.333 e. The lowest BCUT2D eigenvalue weighted by atomic mass is 10.2. The highest BCUT2D eigenvalue weighted by atomic mass is 31.2. The van der Waals surface area contributed by atoms with Gasteiger partial charge >= 0.3 is 7.60 Å². The minimum absolute atomic E-state index is 0.287. The molecule has 0 aromatic heterocycles. The molecule has 0 radical (unpaired) electrons. The van der Waals surface area contributed by atoms with Gasteiger partial charge in [0, 0.05) is 14.2 Å². The first-order valence-electron chi connectivity index (χ1n) is 4.62. The zero-order valence-electron chi connectivity index (χ0n) is 8.92. The van der Waals surface area contributed by atoms with Crippen molar-refractivity contribution in [3.05, 3.63) is 42.0 Å². The van der Waals surface area contributed by atoms with Crippen LogP contribution in [0, 0.1) is 0 Å². The standard InChI is InChI=1S/C11H15O3P/c1-13-15(12,14-2)10-6-9-11-7-4-3-5-8-11/h3-9H,10H2,1-2H3. The van der Waals surface area contributed by atoms with E-state index < -0.39 is 7.60 Å². The van der Waals surface area contributed by atoms with Crippen LogP contribution in [0.25, 0.3) is 6.08 Å².